The molecule has 1 atom stereocenters. The topological polar surface area (TPSA) is 64.3 Å². The molecule has 20 heavy (non-hydrogen) atoms. The van der Waals surface area contributed by atoms with Gasteiger partial charge in [0.2, 0.25) is 5.91 Å². The summed E-state index contributed by atoms with van der Waals surface area (Å²) in [5.74, 6) is 1.16. The third kappa shape index (κ3) is 5.57. The molecule has 0 spiro atoms. The van der Waals surface area contributed by atoms with E-state index in [0.717, 1.165) is 0 Å². The monoisotopic (exact) mass is 318 g/mol. The van der Waals surface area contributed by atoms with Crippen LogP contribution in [0.4, 0.5) is 0 Å². The first kappa shape index (κ1) is 17.1. The highest BCUT2D eigenvalue weighted by Gasteiger charge is 2.28. The summed E-state index contributed by atoms with van der Waals surface area (Å²) in [5, 5.41) is 3.38. The lowest BCUT2D eigenvalue weighted by Crippen LogP contribution is -2.38. The number of nitrogens with one attached hydrogen (secondary N) is 1. The zero-order chi connectivity index (χ0) is 13.7. The quantitative estimate of drug-likeness (QED) is 0.811. The molecule has 1 aromatic carbocycles. The minimum atomic E-state index is -0.0387. The van der Waals surface area contributed by atoms with Crippen molar-refractivity contribution in [2.75, 3.05) is 13.2 Å². The van der Waals surface area contributed by atoms with Gasteiger partial charge in [-0.2, -0.15) is 0 Å². The van der Waals surface area contributed by atoms with Gasteiger partial charge in [0.1, 0.15) is 5.75 Å². The Labute approximate surface area is 130 Å². The van der Waals surface area contributed by atoms with E-state index in [1.165, 1.54) is 12.8 Å². The van der Waals surface area contributed by atoms with Crippen LogP contribution in [0.25, 0.3) is 0 Å². The van der Waals surface area contributed by atoms with E-state index in [1.807, 2.05) is 12.1 Å². The van der Waals surface area contributed by atoms with E-state index in [4.69, 9.17) is 22.1 Å². The summed E-state index contributed by atoms with van der Waals surface area (Å²) in [7, 11) is 0. The van der Waals surface area contributed by atoms with E-state index in [9.17, 15) is 4.79 Å². The van der Waals surface area contributed by atoms with Gasteiger partial charge in [0.25, 0.3) is 0 Å². The van der Waals surface area contributed by atoms with Crippen molar-refractivity contribution >= 4 is 29.9 Å². The van der Waals surface area contributed by atoms with Crippen LogP contribution in [0.15, 0.2) is 24.3 Å². The van der Waals surface area contributed by atoms with Crippen molar-refractivity contribution < 1.29 is 9.53 Å². The lowest BCUT2D eigenvalue weighted by molar-refractivity contribution is -0.121. The van der Waals surface area contributed by atoms with Gasteiger partial charge in [0.05, 0.1) is 18.1 Å². The fourth-order valence-corrected chi connectivity index (χ4v) is 2.02. The summed E-state index contributed by atoms with van der Waals surface area (Å²) in [6.45, 7) is 0.865. The molecule has 6 heteroatoms. The van der Waals surface area contributed by atoms with Crippen molar-refractivity contribution in [2.45, 2.75) is 25.3 Å². The molecular weight excluding hydrogens is 299 g/mol. The van der Waals surface area contributed by atoms with Crippen LogP contribution in [0.3, 0.4) is 0 Å². The van der Waals surface area contributed by atoms with Gasteiger partial charge in [-0.25, -0.2) is 0 Å². The van der Waals surface area contributed by atoms with Gasteiger partial charge in [-0.15, -0.1) is 12.4 Å². The van der Waals surface area contributed by atoms with Crippen molar-refractivity contribution in [3.05, 3.63) is 29.3 Å². The maximum Gasteiger partial charge on any atom is 0.223 e. The van der Waals surface area contributed by atoms with Crippen LogP contribution in [-0.2, 0) is 4.79 Å². The van der Waals surface area contributed by atoms with E-state index >= 15 is 0 Å². The predicted octanol–water partition coefficient (Wildman–Crippen LogP) is 2.38. The zero-order valence-corrected chi connectivity index (χ0v) is 12.8. The van der Waals surface area contributed by atoms with E-state index in [0.29, 0.717) is 36.3 Å². The second-order valence-corrected chi connectivity index (χ2v) is 5.24. The number of para-hydroxylation sites is 1. The smallest absolute Gasteiger partial charge is 0.223 e. The Balaban J connectivity index is 0.00000200. The number of benzene rings is 1. The molecule has 0 aromatic heterocycles. The first-order chi connectivity index (χ1) is 9.16. The molecule has 1 amide bonds. The van der Waals surface area contributed by atoms with Crippen LogP contribution in [0.5, 0.6) is 5.75 Å². The lowest BCUT2D eigenvalue weighted by Gasteiger charge is -2.12. The third-order valence-electron chi connectivity index (χ3n) is 3.19. The SMILES string of the molecule is Cl.NC(CNC(=O)CCOc1ccccc1Cl)C1CC1. The minimum absolute atomic E-state index is 0. The van der Waals surface area contributed by atoms with E-state index in [2.05, 4.69) is 5.32 Å². The average Bonchev–Trinajstić information content (AvgIpc) is 3.22. The van der Waals surface area contributed by atoms with E-state index < -0.39 is 0 Å². The second-order valence-electron chi connectivity index (χ2n) is 4.83. The van der Waals surface area contributed by atoms with Crippen LogP contribution in [0, 0.1) is 5.92 Å². The highest BCUT2D eigenvalue weighted by atomic mass is 35.5. The number of halogens is 2. The standard InChI is InChI=1S/C14H19ClN2O2.ClH/c15-11-3-1-2-4-13(11)19-8-7-14(18)17-9-12(16)10-5-6-10;/h1-4,10,12H,5-9,16H2,(H,17,18);1H. The number of hydrogen-bond donors (Lipinski definition) is 2. The molecule has 0 bridgehead atoms. The lowest BCUT2D eigenvalue weighted by atomic mass is 10.2. The Hall–Kier alpha value is -0.970. The van der Waals surface area contributed by atoms with Gasteiger partial charge in [-0.3, -0.25) is 4.79 Å². The number of nitrogens with two attached hydrogens (primary N) is 1. The highest BCUT2D eigenvalue weighted by molar-refractivity contribution is 6.32. The van der Waals surface area contributed by atoms with Gasteiger partial charge in [-0.05, 0) is 30.9 Å². The Bertz CT molecular complexity index is 439. The molecule has 4 nitrogen and oxygen atoms in total. The van der Waals surface area contributed by atoms with E-state index in [1.54, 1.807) is 12.1 Å². The number of ether oxygens (including phenoxy) is 1. The molecule has 0 radical (unpaired) electrons. The molecule has 0 aliphatic heterocycles. The maximum atomic E-state index is 11.6. The molecule has 1 aliphatic rings. The van der Waals surface area contributed by atoms with Crippen LogP contribution in [-0.4, -0.2) is 25.1 Å². The summed E-state index contributed by atoms with van der Waals surface area (Å²) in [4.78, 5) is 11.6. The largest absolute Gasteiger partial charge is 0.491 e. The highest BCUT2D eigenvalue weighted by Crippen LogP contribution is 2.31. The van der Waals surface area contributed by atoms with Gasteiger partial charge in [0, 0.05) is 12.6 Å². The first-order valence-electron chi connectivity index (χ1n) is 6.56. The molecule has 112 valence electrons. The Morgan fingerprint density at radius 3 is 2.80 bits per heavy atom. The van der Waals surface area contributed by atoms with Crippen LogP contribution < -0.4 is 15.8 Å². The Morgan fingerprint density at radius 1 is 1.45 bits per heavy atom. The van der Waals surface area contributed by atoms with Crippen LogP contribution in [0.1, 0.15) is 19.3 Å². The molecule has 1 fully saturated rings. The summed E-state index contributed by atoms with van der Waals surface area (Å²) >= 11 is 5.94. The molecule has 1 unspecified atom stereocenters. The van der Waals surface area contributed by atoms with Gasteiger partial charge in [-0.1, -0.05) is 23.7 Å². The van der Waals surface area contributed by atoms with Crippen LogP contribution in [0.2, 0.25) is 5.02 Å². The second kappa shape index (κ2) is 8.35. The third-order valence-corrected chi connectivity index (χ3v) is 3.50. The zero-order valence-electron chi connectivity index (χ0n) is 11.2. The molecule has 2 rings (SSSR count). The Kier molecular flexibility index (Phi) is 7.13. The van der Waals surface area contributed by atoms with Crippen molar-refractivity contribution in [1.82, 2.24) is 5.32 Å². The number of carbonyl (C=O) groups is 1. The summed E-state index contributed by atoms with van der Waals surface area (Å²) in [6, 6.07) is 7.31. The maximum absolute atomic E-state index is 11.6. The molecule has 1 saturated carbocycles. The average molecular weight is 319 g/mol. The number of amides is 1. The van der Waals surface area contributed by atoms with Crippen molar-refractivity contribution in [3.8, 4) is 5.75 Å². The normalized spacial score (nSPS) is 15.1. The summed E-state index contributed by atoms with van der Waals surface area (Å²) in [5.41, 5.74) is 5.90. The molecule has 0 heterocycles. The molecule has 3 N–H and O–H groups in total. The number of carbonyl (C=O) groups excluding carboxylic acids is 1. The van der Waals surface area contributed by atoms with Crippen molar-refractivity contribution in [1.29, 1.82) is 0 Å². The fraction of sp³-hybridized carbons (Fsp3) is 0.500. The van der Waals surface area contributed by atoms with Gasteiger partial charge in [0.15, 0.2) is 0 Å². The molecule has 0 saturated heterocycles. The molecular formula is C14H20Cl2N2O2. The van der Waals surface area contributed by atoms with Gasteiger partial charge >= 0.3 is 0 Å². The fourth-order valence-electron chi connectivity index (χ4n) is 1.83. The molecule has 1 aromatic rings. The molecule has 1 aliphatic carbocycles. The minimum Gasteiger partial charge on any atom is -0.491 e. The predicted molar refractivity (Wildman–Crippen MR) is 82.5 cm³/mol. The van der Waals surface area contributed by atoms with Crippen LogP contribution >= 0.6 is 24.0 Å². The summed E-state index contributed by atoms with van der Waals surface area (Å²) < 4.78 is 5.45. The van der Waals surface area contributed by atoms with Crippen molar-refractivity contribution in [3.63, 3.8) is 0 Å². The first-order valence-corrected chi connectivity index (χ1v) is 6.94. The summed E-state index contributed by atoms with van der Waals surface area (Å²) in [6.07, 6.45) is 2.68. The number of rotatable bonds is 7. The Morgan fingerprint density at radius 2 is 2.15 bits per heavy atom. The van der Waals surface area contributed by atoms with Crippen molar-refractivity contribution in [2.24, 2.45) is 11.7 Å². The van der Waals surface area contributed by atoms with Gasteiger partial charge < -0.3 is 15.8 Å². The van der Waals surface area contributed by atoms with E-state index in [-0.39, 0.29) is 24.4 Å². The number of hydrogen-bond acceptors (Lipinski definition) is 3.